The Hall–Kier alpha value is -2.34. The average Bonchev–Trinajstić information content (AvgIpc) is 2.52. The molecule has 0 aliphatic carbocycles. The number of benzene rings is 2. The number of hydrogen-bond donors (Lipinski definition) is 2. The zero-order chi connectivity index (χ0) is 15.1. The van der Waals surface area contributed by atoms with Crippen molar-refractivity contribution in [1.82, 2.24) is 10.9 Å². The molecule has 0 saturated carbocycles. The van der Waals surface area contributed by atoms with E-state index in [4.69, 9.17) is 4.74 Å². The lowest BCUT2D eigenvalue weighted by molar-refractivity contribution is -0.123. The van der Waals surface area contributed by atoms with Crippen LogP contribution in [0.5, 0.6) is 5.75 Å². The largest absolute Gasteiger partial charge is 0.484 e. The Morgan fingerprint density at radius 3 is 2.29 bits per heavy atom. The molecule has 0 saturated heterocycles. The van der Waals surface area contributed by atoms with Crippen LogP contribution in [0.2, 0.25) is 0 Å². The topological polar surface area (TPSA) is 67.4 Å². The quantitative estimate of drug-likeness (QED) is 0.833. The van der Waals surface area contributed by atoms with E-state index < -0.39 is 11.8 Å². The molecule has 2 N–H and O–H groups in total. The van der Waals surface area contributed by atoms with Crippen molar-refractivity contribution in [1.29, 1.82) is 0 Å². The number of hydrogen-bond acceptors (Lipinski definition) is 3. The van der Waals surface area contributed by atoms with Gasteiger partial charge in [0.05, 0.1) is 0 Å². The Bertz CT molecular complexity index is 615. The van der Waals surface area contributed by atoms with Crippen molar-refractivity contribution in [2.45, 2.75) is 0 Å². The summed E-state index contributed by atoms with van der Waals surface area (Å²) in [7, 11) is 0. The number of ether oxygens (including phenoxy) is 1. The third-order valence-electron chi connectivity index (χ3n) is 2.53. The summed E-state index contributed by atoms with van der Waals surface area (Å²) in [5.41, 5.74) is 5.06. The highest BCUT2D eigenvalue weighted by molar-refractivity contribution is 9.10. The van der Waals surface area contributed by atoms with E-state index in [1.807, 2.05) is 18.2 Å². The number of nitrogens with one attached hydrogen (secondary N) is 2. The van der Waals surface area contributed by atoms with Crippen molar-refractivity contribution in [3.63, 3.8) is 0 Å². The first kappa shape index (κ1) is 15.1. The second-order valence-corrected chi connectivity index (χ2v) is 5.03. The zero-order valence-corrected chi connectivity index (χ0v) is 12.6. The van der Waals surface area contributed by atoms with Gasteiger partial charge in [-0.15, -0.1) is 0 Å². The molecule has 0 spiro atoms. The van der Waals surface area contributed by atoms with E-state index in [9.17, 15) is 9.59 Å². The number of para-hydroxylation sites is 1. The molecule has 0 aliphatic rings. The Morgan fingerprint density at radius 2 is 1.62 bits per heavy atom. The van der Waals surface area contributed by atoms with Gasteiger partial charge in [-0.2, -0.15) is 0 Å². The summed E-state index contributed by atoms with van der Waals surface area (Å²) in [4.78, 5) is 23.3. The highest BCUT2D eigenvalue weighted by Gasteiger charge is 2.07. The molecule has 6 heteroatoms. The third kappa shape index (κ3) is 4.92. The molecule has 2 aromatic rings. The van der Waals surface area contributed by atoms with Crippen molar-refractivity contribution >= 4 is 27.7 Å². The van der Waals surface area contributed by atoms with Crippen LogP contribution in [0.1, 0.15) is 10.4 Å². The number of carbonyl (C=O) groups excluding carboxylic acids is 2. The molecule has 0 aromatic heterocycles. The molecule has 0 bridgehead atoms. The van der Waals surface area contributed by atoms with E-state index in [0.717, 1.165) is 4.47 Å². The average molecular weight is 349 g/mol. The maximum atomic E-state index is 11.8. The van der Waals surface area contributed by atoms with E-state index in [2.05, 4.69) is 26.8 Å². The highest BCUT2D eigenvalue weighted by Crippen LogP contribution is 2.10. The van der Waals surface area contributed by atoms with Gasteiger partial charge in [0, 0.05) is 10.0 Å². The highest BCUT2D eigenvalue weighted by atomic mass is 79.9. The fourth-order valence-electron chi connectivity index (χ4n) is 1.50. The first-order valence-corrected chi connectivity index (χ1v) is 6.97. The van der Waals surface area contributed by atoms with Gasteiger partial charge in [0.2, 0.25) is 0 Å². The number of hydrazine groups is 1. The smallest absolute Gasteiger partial charge is 0.276 e. The van der Waals surface area contributed by atoms with Gasteiger partial charge < -0.3 is 4.74 Å². The summed E-state index contributed by atoms with van der Waals surface area (Å²) < 4.78 is 6.13. The van der Waals surface area contributed by atoms with Gasteiger partial charge in [0.15, 0.2) is 6.61 Å². The Morgan fingerprint density at radius 1 is 0.952 bits per heavy atom. The second kappa shape index (κ2) is 7.44. The summed E-state index contributed by atoms with van der Waals surface area (Å²) in [6, 6.07) is 15.7. The Balaban J connectivity index is 1.76. The molecule has 0 unspecified atom stereocenters. The third-order valence-corrected chi connectivity index (χ3v) is 3.06. The molecular formula is C15H13BrN2O3. The van der Waals surface area contributed by atoms with Crippen LogP contribution in [-0.2, 0) is 4.79 Å². The van der Waals surface area contributed by atoms with E-state index in [1.54, 1.807) is 36.4 Å². The SMILES string of the molecule is O=C(COc1ccccc1)NNC(=O)c1ccc(Br)cc1. The predicted octanol–water partition coefficient (Wildman–Crippen LogP) is 2.29. The van der Waals surface area contributed by atoms with Crippen LogP contribution in [0.25, 0.3) is 0 Å². The number of amides is 2. The first-order chi connectivity index (χ1) is 10.1. The standard InChI is InChI=1S/C15H13BrN2O3/c16-12-8-6-11(7-9-12)15(20)18-17-14(19)10-21-13-4-2-1-3-5-13/h1-9H,10H2,(H,17,19)(H,18,20). The predicted molar refractivity (Wildman–Crippen MR) is 81.7 cm³/mol. The molecule has 0 radical (unpaired) electrons. The van der Waals surface area contributed by atoms with E-state index in [-0.39, 0.29) is 6.61 Å². The minimum absolute atomic E-state index is 0.176. The molecular weight excluding hydrogens is 336 g/mol. The number of carbonyl (C=O) groups is 2. The summed E-state index contributed by atoms with van der Waals surface area (Å²) in [5, 5.41) is 0. The van der Waals surface area contributed by atoms with Gasteiger partial charge in [-0.05, 0) is 36.4 Å². The molecule has 2 aromatic carbocycles. The molecule has 21 heavy (non-hydrogen) atoms. The van der Waals surface area contributed by atoms with Crippen LogP contribution in [0.4, 0.5) is 0 Å². The summed E-state index contributed by atoms with van der Waals surface area (Å²) in [6.45, 7) is -0.176. The van der Waals surface area contributed by atoms with Gasteiger partial charge in [-0.1, -0.05) is 34.1 Å². The Labute approximate surface area is 130 Å². The maximum Gasteiger partial charge on any atom is 0.276 e. The Kier molecular flexibility index (Phi) is 5.34. The maximum absolute atomic E-state index is 11.8. The first-order valence-electron chi connectivity index (χ1n) is 6.18. The van der Waals surface area contributed by atoms with Crippen molar-refractivity contribution in [2.75, 3.05) is 6.61 Å². The molecule has 5 nitrogen and oxygen atoms in total. The lowest BCUT2D eigenvalue weighted by Crippen LogP contribution is -2.43. The van der Waals surface area contributed by atoms with Crippen LogP contribution >= 0.6 is 15.9 Å². The van der Waals surface area contributed by atoms with Crippen molar-refractivity contribution in [3.8, 4) is 5.75 Å². The monoisotopic (exact) mass is 348 g/mol. The lowest BCUT2D eigenvalue weighted by Gasteiger charge is -2.08. The molecule has 0 fully saturated rings. The minimum Gasteiger partial charge on any atom is -0.484 e. The molecule has 0 heterocycles. The number of halogens is 1. The lowest BCUT2D eigenvalue weighted by atomic mass is 10.2. The summed E-state index contributed by atoms with van der Waals surface area (Å²) in [5.74, 6) is -0.244. The summed E-state index contributed by atoms with van der Waals surface area (Å²) >= 11 is 3.28. The van der Waals surface area contributed by atoms with Crippen LogP contribution in [0.3, 0.4) is 0 Å². The van der Waals surface area contributed by atoms with Gasteiger partial charge in [0.25, 0.3) is 11.8 Å². The molecule has 0 aliphatic heterocycles. The van der Waals surface area contributed by atoms with E-state index >= 15 is 0 Å². The van der Waals surface area contributed by atoms with Gasteiger partial charge >= 0.3 is 0 Å². The second-order valence-electron chi connectivity index (χ2n) is 4.11. The molecule has 2 rings (SSSR count). The van der Waals surface area contributed by atoms with Crippen LogP contribution < -0.4 is 15.6 Å². The van der Waals surface area contributed by atoms with Crippen LogP contribution in [-0.4, -0.2) is 18.4 Å². The fraction of sp³-hybridized carbons (Fsp3) is 0.0667. The van der Waals surface area contributed by atoms with E-state index in [1.165, 1.54) is 0 Å². The van der Waals surface area contributed by atoms with Gasteiger partial charge in [-0.25, -0.2) is 0 Å². The zero-order valence-electron chi connectivity index (χ0n) is 11.0. The minimum atomic E-state index is -0.440. The normalized spacial score (nSPS) is 9.76. The summed E-state index contributed by atoms with van der Waals surface area (Å²) in [6.07, 6.45) is 0. The van der Waals surface area contributed by atoms with Gasteiger partial charge in [-0.3, -0.25) is 20.4 Å². The molecule has 2 amide bonds. The van der Waals surface area contributed by atoms with Crippen LogP contribution in [0.15, 0.2) is 59.1 Å². The van der Waals surface area contributed by atoms with E-state index in [0.29, 0.717) is 11.3 Å². The molecule has 108 valence electrons. The van der Waals surface area contributed by atoms with Crippen molar-refractivity contribution < 1.29 is 14.3 Å². The molecule has 0 atom stereocenters. The van der Waals surface area contributed by atoms with Crippen molar-refractivity contribution in [2.24, 2.45) is 0 Å². The number of rotatable bonds is 4. The van der Waals surface area contributed by atoms with Crippen molar-refractivity contribution in [3.05, 3.63) is 64.6 Å². The van der Waals surface area contributed by atoms with Gasteiger partial charge in [0.1, 0.15) is 5.75 Å². The van der Waals surface area contributed by atoms with Crippen LogP contribution in [0, 0.1) is 0 Å². The fourth-order valence-corrected chi connectivity index (χ4v) is 1.77.